The molecule has 0 aliphatic heterocycles. The minimum atomic E-state index is 0.118. The van der Waals surface area contributed by atoms with E-state index >= 15 is 0 Å². The van der Waals surface area contributed by atoms with Crippen LogP contribution in [-0.2, 0) is 6.54 Å². The number of tetrazole rings is 1. The zero-order valence-electron chi connectivity index (χ0n) is 3.55. The molecule has 1 rings (SSSR count). The van der Waals surface area contributed by atoms with Crippen LogP contribution in [0, 0.1) is 0 Å². The van der Waals surface area contributed by atoms with Crippen LogP contribution in [0.3, 0.4) is 0 Å². The first-order chi connectivity index (χ1) is 3.43. The highest BCUT2D eigenvalue weighted by Gasteiger charge is 1.87. The summed E-state index contributed by atoms with van der Waals surface area (Å²) < 4.78 is 0. The SMILES string of the molecule is [NH]Cc1nnn[nH]1. The highest BCUT2D eigenvalue weighted by Crippen LogP contribution is 1.75. The summed E-state index contributed by atoms with van der Waals surface area (Å²) in [5.41, 5.74) is 6.69. The normalized spacial score (nSPS) is 9.29. The molecule has 0 aliphatic rings. The van der Waals surface area contributed by atoms with Gasteiger partial charge in [0.1, 0.15) is 0 Å². The molecule has 1 radical (unpaired) electrons. The van der Waals surface area contributed by atoms with Gasteiger partial charge in [0.05, 0.1) is 6.54 Å². The molecule has 0 atom stereocenters. The maximum Gasteiger partial charge on any atom is 0.163 e. The molecule has 0 aliphatic carbocycles. The van der Waals surface area contributed by atoms with Crippen molar-refractivity contribution in [3.05, 3.63) is 5.82 Å². The molecule has 2 N–H and O–H groups in total. The number of hydrogen-bond acceptors (Lipinski definition) is 3. The molecule has 5 heteroatoms. The lowest BCUT2D eigenvalue weighted by atomic mass is 10.7. The van der Waals surface area contributed by atoms with E-state index in [9.17, 15) is 0 Å². The predicted octanol–water partition coefficient (Wildman–Crippen LogP) is -1.02. The van der Waals surface area contributed by atoms with Crippen LogP contribution in [0.5, 0.6) is 0 Å². The zero-order valence-corrected chi connectivity index (χ0v) is 3.55. The lowest BCUT2D eigenvalue weighted by Gasteiger charge is -1.74. The highest BCUT2D eigenvalue weighted by molar-refractivity contribution is 4.70. The van der Waals surface area contributed by atoms with Gasteiger partial charge in [-0.05, 0) is 10.4 Å². The van der Waals surface area contributed by atoms with E-state index in [1.807, 2.05) is 0 Å². The molecule has 0 saturated carbocycles. The fraction of sp³-hybridized carbons (Fsp3) is 0.500. The van der Waals surface area contributed by atoms with E-state index in [0.717, 1.165) is 0 Å². The number of aromatic amines is 1. The summed E-state index contributed by atoms with van der Waals surface area (Å²) in [5.74, 6) is 0.500. The van der Waals surface area contributed by atoms with Gasteiger partial charge in [-0.2, -0.15) is 0 Å². The third-order valence-electron chi connectivity index (χ3n) is 0.557. The van der Waals surface area contributed by atoms with Crippen LogP contribution in [0.15, 0.2) is 0 Å². The Morgan fingerprint density at radius 1 is 1.71 bits per heavy atom. The minimum Gasteiger partial charge on any atom is -0.250 e. The number of H-pyrrole nitrogens is 1. The lowest BCUT2D eigenvalue weighted by molar-refractivity contribution is 0.881. The molecule has 0 aromatic carbocycles. The number of rotatable bonds is 1. The summed E-state index contributed by atoms with van der Waals surface area (Å²) in [6.45, 7) is 0.118. The van der Waals surface area contributed by atoms with Gasteiger partial charge >= 0.3 is 0 Å². The number of nitrogens with zero attached hydrogens (tertiary/aromatic N) is 3. The Morgan fingerprint density at radius 2 is 2.57 bits per heavy atom. The predicted molar refractivity (Wildman–Crippen MR) is 21.0 cm³/mol. The van der Waals surface area contributed by atoms with Gasteiger partial charge in [-0.15, -0.1) is 5.10 Å². The van der Waals surface area contributed by atoms with E-state index in [-0.39, 0.29) is 6.54 Å². The fourth-order valence-electron chi connectivity index (χ4n) is 0.254. The summed E-state index contributed by atoms with van der Waals surface area (Å²) in [5, 5.41) is 12.4. The Hall–Kier alpha value is -0.970. The topological polar surface area (TPSA) is 78.3 Å². The smallest absolute Gasteiger partial charge is 0.163 e. The van der Waals surface area contributed by atoms with E-state index in [4.69, 9.17) is 5.73 Å². The van der Waals surface area contributed by atoms with Crippen LogP contribution in [0.1, 0.15) is 5.82 Å². The Kier molecular flexibility index (Phi) is 0.991. The lowest BCUT2D eigenvalue weighted by Crippen LogP contribution is -1.86. The maximum absolute atomic E-state index is 6.69. The second-order valence-electron chi connectivity index (χ2n) is 1.02. The van der Waals surface area contributed by atoms with Crippen LogP contribution >= 0.6 is 0 Å². The van der Waals surface area contributed by atoms with Crippen LogP contribution in [0.4, 0.5) is 0 Å². The minimum absolute atomic E-state index is 0.118. The van der Waals surface area contributed by atoms with Crippen molar-refractivity contribution in [1.29, 1.82) is 0 Å². The number of aromatic nitrogens is 4. The molecule has 0 fully saturated rings. The Morgan fingerprint density at radius 3 is 2.86 bits per heavy atom. The van der Waals surface area contributed by atoms with Gasteiger partial charge < -0.3 is 0 Å². The van der Waals surface area contributed by atoms with E-state index in [1.165, 1.54) is 0 Å². The van der Waals surface area contributed by atoms with E-state index < -0.39 is 0 Å². The molecule has 0 bridgehead atoms. The molecule has 37 valence electrons. The average Bonchev–Trinajstić information content (AvgIpc) is 2.14. The van der Waals surface area contributed by atoms with Gasteiger partial charge in [0.25, 0.3) is 0 Å². The molecule has 7 heavy (non-hydrogen) atoms. The van der Waals surface area contributed by atoms with E-state index in [0.29, 0.717) is 5.82 Å². The molecule has 5 nitrogen and oxygen atoms in total. The maximum atomic E-state index is 6.69. The van der Waals surface area contributed by atoms with Crippen LogP contribution in [0.2, 0.25) is 0 Å². The molecule has 1 aromatic heterocycles. The third kappa shape index (κ3) is 0.716. The summed E-state index contributed by atoms with van der Waals surface area (Å²) in [6, 6.07) is 0. The molecule has 0 amide bonds. The second kappa shape index (κ2) is 1.65. The Labute approximate surface area is 39.9 Å². The summed E-state index contributed by atoms with van der Waals surface area (Å²) in [4.78, 5) is 0. The fourth-order valence-corrected chi connectivity index (χ4v) is 0.254. The summed E-state index contributed by atoms with van der Waals surface area (Å²) in [6.07, 6.45) is 0. The van der Waals surface area contributed by atoms with Crippen molar-refractivity contribution < 1.29 is 0 Å². The molecule has 0 spiro atoms. The van der Waals surface area contributed by atoms with Gasteiger partial charge in [0.15, 0.2) is 5.82 Å². The van der Waals surface area contributed by atoms with Gasteiger partial charge in [-0.3, -0.25) is 0 Å². The van der Waals surface area contributed by atoms with Crippen LogP contribution < -0.4 is 5.73 Å². The summed E-state index contributed by atoms with van der Waals surface area (Å²) in [7, 11) is 0. The Bertz CT molecular complexity index is 121. The van der Waals surface area contributed by atoms with Crippen molar-refractivity contribution in [2.45, 2.75) is 6.54 Å². The Balaban J connectivity index is 2.76. The first kappa shape index (κ1) is 4.20. The molecule has 1 heterocycles. The molecule has 1 aromatic rings. The molecule has 0 unspecified atom stereocenters. The van der Waals surface area contributed by atoms with Gasteiger partial charge in [0, 0.05) is 0 Å². The van der Waals surface area contributed by atoms with Crippen molar-refractivity contribution in [3.63, 3.8) is 0 Å². The third-order valence-corrected chi connectivity index (χ3v) is 0.557. The molecular weight excluding hydrogens is 94.1 g/mol. The van der Waals surface area contributed by atoms with Crippen molar-refractivity contribution >= 4 is 0 Å². The van der Waals surface area contributed by atoms with Gasteiger partial charge in [-0.25, -0.2) is 10.8 Å². The quantitative estimate of drug-likeness (QED) is 0.488. The van der Waals surface area contributed by atoms with Crippen molar-refractivity contribution in [2.75, 3.05) is 0 Å². The first-order valence-electron chi connectivity index (χ1n) is 1.80. The first-order valence-corrected chi connectivity index (χ1v) is 1.80. The summed E-state index contributed by atoms with van der Waals surface area (Å²) >= 11 is 0. The standard InChI is InChI=1S/C2H4N5/c3-1-2-4-6-7-5-2/h3H,1H2,(H,4,5,6,7). The average molecular weight is 98.1 g/mol. The van der Waals surface area contributed by atoms with E-state index in [1.54, 1.807) is 0 Å². The highest BCUT2D eigenvalue weighted by atomic mass is 15.5. The monoisotopic (exact) mass is 98.0 g/mol. The van der Waals surface area contributed by atoms with Crippen LogP contribution in [0.25, 0.3) is 0 Å². The second-order valence-corrected chi connectivity index (χ2v) is 1.02. The van der Waals surface area contributed by atoms with Crippen molar-refractivity contribution in [1.82, 2.24) is 26.4 Å². The van der Waals surface area contributed by atoms with Crippen molar-refractivity contribution in [2.24, 2.45) is 0 Å². The van der Waals surface area contributed by atoms with Gasteiger partial charge in [0.2, 0.25) is 0 Å². The number of hydrogen-bond donors (Lipinski definition) is 1. The molecular formula is C2H4N5. The van der Waals surface area contributed by atoms with Crippen molar-refractivity contribution in [3.8, 4) is 0 Å². The van der Waals surface area contributed by atoms with E-state index in [2.05, 4.69) is 20.6 Å². The number of nitrogens with one attached hydrogen (secondary N) is 2. The largest absolute Gasteiger partial charge is 0.250 e. The van der Waals surface area contributed by atoms with Gasteiger partial charge in [-0.1, -0.05) is 0 Å². The zero-order chi connectivity index (χ0) is 5.11. The molecule has 0 saturated heterocycles. The van der Waals surface area contributed by atoms with Crippen LogP contribution in [-0.4, -0.2) is 20.6 Å².